The number of aryl methyl sites for hydroxylation is 1. The van der Waals surface area contributed by atoms with Gasteiger partial charge in [0.25, 0.3) is 5.95 Å². The minimum Gasteiger partial charge on any atom is -0.349 e. The van der Waals surface area contributed by atoms with Crippen LogP contribution in [-0.2, 0) is 0 Å². The van der Waals surface area contributed by atoms with Crippen LogP contribution >= 0.6 is 0 Å². The first-order valence-corrected chi connectivity index (χ1v) is 3.41. The fourth-order valence-electron chi connectivity index (χ4n) is 0.768. The summed E-state index contributed by atoms with van der Waals surface area (Å²) in [5.41, 5.74) is 0. The molecule has 0 bridgehead atoms. The van der Waals surface area contributed by atoms with Crippen molar-refractivity contribution < 1.29 is 4.52 Å². The normalized spacial score (nSPS) is 17.3. The molecule has 1 fully saturated rings. The van der Waals surface area contributed by atoms with E-state index in [0.29, 0.717) is 17.9 Å². The molecule has 2 rings (SSSR count). The maximum Gasteiger partial charge on any atom is 0.263 e. The smallest absolute Gasteiger partial charge is 0.263 e. The highest BCUT2D eigenvalue weighted by Crippen LogP contribution is 2.22. The molecule has 0 spiro atoms. The standard InChI is InChI=1S/C6H9N3O/c1-4-7-6(9-10-4)8-5-2-3-5/h5H,2-3H2,1H3,(H,8,9). The summed E-state index contributed by atoms with van der Waals surface area (Å²) >= 11 is 0. The Hall–Kier alpha value is -1.06. The molecule has 54 valence electrons. The third-order valence-electron chi connectivity index (χ3n) is 1.44. The number of nitrogens with one attached hydrogen (secondary N) is 1. The second-order valence-electron chi connectivity index (χ2n) is 2.56. The van der Waals surface area contributed by atoms with E-state index in [1.165, 1.54) is 12.8 Å². The number of anilines is 1. The Morgan fingerprint density at radius 3 is 2.90 bits per heavy atom. The van der Waals surface area contributed by atoms with Crippen molar-refractivity contribution in [1.29, 1.82) is 0 Å². The summed E-state index contributed by atoms with van der Waals surface area (Å²) in [5.74, 6) is 1.24. The summed E-state index contributed by atoms with van der Waals surface area (Å²) in [5, 5.41) is 6.82. The molecule has 1 N–H and O–H groups in total. The Morgan fingerprint density at radius 2 is 2.40 bits per heavy atom. The Labute approximate surface area is 58.6 Å². The van der Waals surface area contributed by atoms with Gasteiger partial charge in [-0.05, 0) is 18.0 Å². The first-order valence-electron chi connectivity index (χ1n) is 3.41. The second kappa shape index (κ2) is 1.97. The van der Waals surface area contributed by atoms with Gasteiger partial charge in [-0.15, -0.1) is 0 Å². The largest absolute Gasteiger partial charge is 0.349 e. The zero-order valence-corrected chi connectivity index (χ0v) is 5.79. The first kappa shape index (κ1) is 5.70. The van der Waals surface area contributed by atoms with E-state index in [1.807, 2.05) is 0 Å². The highest BCUT2D eigenvalue weighted by atomic mass is 16.5. The Bertz CT molecular complexity index is 229. The van der Waals surface area contributed by atoms with E-state index in [9.17, 15) is 0 Å². The van der Waals surface area contributed by atoms with Gasteiger partial charge in [-0.2, -0.15) is 4.98 Å². The maximum atomic E-state index is 4.77. The van der Waals surface area contributed by atoms with Crippen LogP contribution in [0.4, 0.5) is 5.95 Å². The second-order valence-corrected chi connectivity index (χ2v) is 2.56. The van der Waals surface area contributed by atoms with Gasteiger partial charge in [-0.25, -0.2) is 0 Å². The minimum atomic E-state index is 0.594. The molecule has 0 saturated heterocycles. The molecule has 1 aromatic rings. The summed E-state index contributed by atoms with van der Waals surface area (Å²) in [6, 6.07) is 0.594. The van der Waals surface area contributed by atoms with Gasteiger partial charge in [0, 0.05) is 13.0 Å². The lowest BCUT2D eigenvalue weighted by Crippen LogP contribution is -2.01. The molecular weight excluding hydrogens is 130 g/mol. The van der Waals surface area contributed by atoms with Crippen molar-refractivity contribution in [1.82, 2.24) is 10.1 Å². The van der Waals surface area contributed by atoms with Gasteiger partial charge < -0.3 is 9.84 Å². The van der Waals surface area contributed by atoms with Gasteiger partial charge >= 0.3 is 0 Å². The fraction of sp³-hybridized carbons (Fsp3) is 0.667. The van der Waals surface area contributed by atoms with E-state index in [0.717, 1.165) is 0 Å². The Kier molecular flexibility index (Phi) is 1.12. The molecule has 0 radical (unpaired) electrons. The molecule has 1 aromatic heterocycles. The zero-order valence-electron chi connectivity index (χ0n) is 5.79. The predicted molar refractivity (Wildman–Crippen MR) is 35.7 cm³/mol. The highest BCUT2D eigenvalue weighted by Gasteiger charge is 2.22. The van der Waals surface area contributed by atoms with E-state index in [1.54, 1.807) is 6.92 Å². The molecule has 4 nitrogen and oxygen atoms in total. The summed E-state index contributed by atoms with van der Waals surface area (Å²) < 4.78 is 4.77. The van der Waals surface area contributed by atoms with Crippen LogP contribution in [0.15, 0.2) is 4.52 Å². The van der Waals surface area contributed by atoms with E-state index >= 15 is 0 Å². The Morgan fingerprint density at radius 1 is 1.60 bits per heavy atom. The van der Waals surface area contributed by atoms with Gasteiger partial charge in [0.2, 0.25) is 5.89 Å². The van der Waals surface area contributed by atoms with Gasteiger partial charge in [0.05, 0.1) is 0 Å². The topological polar surface area (TPSA) is 51.0 Å². The van der Waals surface area contributed by atoms with Gasteiger partial charge in [-0.3, -0.25) is 0 Å². The average Bonchev–Trinajstić information content (AvgIpc) is 2.59. The van der Waals surface area contributed by atoms with Gasteiger partial charge in [-0.1, -0.05) is 0 Å². The van der Waals surface area contributed by atoms with Gasteiger partial charge in [0.15, 0.2) is 0 Å². The van der Waals surface area contributed by atoms with Crippen molar-refractivity contribution >= 4 is 5.95 Å². The monoisotopic (exact) mass is 139 g/mol. The predicted octanol–water partition coefficient (Wildman–Crippen LogP) is 0.952. The van der Waals surface area contributed by atoms with Crippen LogP contribution in [0.1, 0.15) is 18.7 Å². The molecule has 1 saturated carbocycles. The van der Waals surface area contributed by atoms with Crippen molar-refractivity contribution in [2.75, 3.05) is 5.32 Å². The van der Waals surface area contributed by atoms with Crippen LogP contribution in [0.5, 0.6) is 0 Å². The average molecular weight is 139 g/mol. The quantitative estimate of drug-likeness (QED) is 0.662. The van der Waals surface area contributed by atoms with Crippen LogP contribution in [0.3, 0.4) is 0 Å². The van der Waals surface area contributed by atoms with Crippen molar-refractivity contribution in [3.05, 3.63) is 5.89 Å². The molecular formula is C6H9N3O. The van der Waals surface area contributed by atoms with Crippen molar-refractivity contribution in [3.63, 3.8) is 0 Å². The lowest BCUT2D eigenvalue weighted by Gasteiger charge is -1.91. The van der Waals surface area contributed by atoms with Gasteiger partial charge in [0.1, 0.15) is 0 Å². The van der Waals surface area contributed by atoms with E-state index in [4.69, 9.17) is 4.52 Å². The van der Waals surface area contributed by atoms with Crippen LogP contribution < -0.4 is 5.32 Å². The number of aromatic nitrogens is 2. The van der Waals surface area contributed by atoms with Crippen molar-refractivity contribution in [2.24, 2.45) is 0 Å². The summed E-state index contributed by atoms with van der Waals surface area (Å²) in [7, 11) is 0. The summed E-state index contributed by atoms with van der Waals surface area (Å²) in [6.45, 7) is 1.78. The van der Waals surface area contributed by atoms with Crippen LogP contribution in [0, 0.1) is 6.92 Å². The molecule has 10 heavy (non-hydrogen) atoms. The number of hydrogen-bond donors (Lipinski definition) is 1. The molecule has 0 atom stereocenters. The van der Waals surface area contributed by atoms with E-state index < -0.39 is 0 Å². The summed E-state index contributed by atoms with van der Waals surface area (Å²) in [6.07, 6.45) is 2.46. The molecule has 0 amide bonds. The van der Waals surface area contributed by atoms with E-state index in [2.05, 4.69) is 15.5 Å². The molecule has 1 aliphatic carbocycles. The van der Waals surface area contributed by atoms with Crippen molar-refractivity contribution in [2.45, 2.75) is 25.8 Å². The molecule has 1 heterocycles. The number of nitrogens with zero attached hydrogens (tertiary/aromatic N) is 2. The molecule has 0 aromatic carbocycles. The summed E-state index contributed by atoms with van der Waals surface area (Å²) in [4.78, 5) is 4.00. The van der Waals surface area contributed by atoms with Crippen LogP contribution in [0.25, 0.3) is 0 Å². The van der Waals surface area contributed by atoms with Crippen molar-refractivity contribution in [3.8, 4) is 0 Å². The molecule has 0 unspecified atom stereocenters. The lowest BCUT2D eigenvalue weighted by atomic mass is 10.7. The minimum absolute atomic E-state index is 0.594. The number of rotatable bonds is 2. The SMILES string of the molecule is Cc1nc(NC2CC2)no1. The number of hydrogen-bond acceptors (Lipinski definition) is 4. The molecule has 4 heteroatoms. The fourth-order valence-corrected chi connectivity index (χ4v) is 0.768. The third-order valence-corrected chi connectivity index (χ3v) is 1.44. The van der Waals surface area contributed by atoms with E-state index in [-0.39, 0.29) is 0 Å². The first-order chi connectivity index (χ1) is 4.84. The van der Waals surface area contributed by atoms with Crippen LogP contribution in [0.2, 0.25) is 0 Å². The zero-order chi connectivity index (χ0) is 6.97. The lowest BCUT2D eigenvalue weighted by molar-refractivity contribution is 0.394. The highest BCUT2D eigenvalue weighted by molar-refractivity contribution is 5.25. The Balaban J connectivity index is 2.03. The molecule has 0 aliphatic heterocycles. The van der Waals surface area contributed by atoms with Crippen LogP contribution in [-0.4, -0.2) is 16.2 Å². The molecule has 1 aliphatic rings. The maximum absolute atomic E-state index is 4.77. The third kappa shape index (κ3) is 1.10.